The van der Waals surface area contributed by atoms with Gasteiger partial charge in [0.1, 0.15) is 0 Å². The lowest BCUT2D eigenvalue weighted by atomic mass is 10.1. The van der Waals surface area contributed by atoms with Crippen molar-refractivity contribution in [2.45, 2.75) is 9.79 Å². The van der Waals surface area contributed by atoms with Gasteiger partial charge in [-0.3, -0.25) is 0 Å². The Balaban J connectivity index is 1.57. The molecule has 0 aliphatic heterocycles. The van der Waals surface area contributed by atoms with Crippen LogP contribution in [-0.4, -0.2) is 69.5 Å². The number of anilines is 2. The maximum atomic E-state index is 13.5. The number of benzene rings is 4. The minimum Gasteiger partial charge on any atom is -0.377 e. The lowest BCUT2D eigenvalue weighted by Gasteiger charge is -2.21. The van der Waals surface area contributed by atoms with E-state index in [1.54, 1.807) is 36.4 Å². The van der Waals surface area contributed by atoms with Crippen LogP contribution in [0.25, 0.3) is 21.5 Å². The van der Waals surface area contributed by atoms with Crippen LogP contribution >= 0.6 is 0 Å². The predicted octanol–water partition coefficient (Wildman–Crippen LogP) is 3.72. The number of hydrogen-bond donors (Lipinski definition) is 1. The molecule has 0 bridgehead atoms. The zero-order valence-corrected chi connectivity index (χ0v) is 23.3. The molecule has 4 rings (SSSR count). The molecule has 10 heteroatoms. The van der Waals surface area contributed by atoms with Gasteiger partial charge in [0.05, 0.1) is 9.79 Å². The van der Waals surface area contributed by atoms with Crippen LogP contribution in [0.15, 0.2) is 82.6 Å². The Bertz CT molecular complexity index is 1670. The summed E-state index contributed by atoms with van der Waals surface area (Å²) in [5, 5.41) is 2.88. The lowest BCUT2D eigenvalue weighted by molar-refractivity contribution is 0.469. The predicted molar refractivity (Wildman–Crippen MR) is 152 cm³/mol. The number of hydrogen-bond acceptors (Lipinski definition) is 6. The van der Waals surface area contributed by atoms with E-state index in [4.69, 9.17) is 0 Å². The maximum Gasteiger partial charge on any atom is 0.243 e. The number of rotatable bonds is 9. The van der Waals surface area contributed by atoms with E-state index in [2.05, 4.69) is 4.72 Å². The molecule has 37 heavy (non-hydrogen) atoms. The Kier molecular flexibility index (Phi) is 7.48. The number of nitrogens with one attached hydrogen (secondary N) is 1. The highest BCUT2D eigenvalue weighted by atomic mass is 32.2. The van der Waals surface area contributed by atoms with Gasteiger partial charge in [0.2, 0.25) is 20.0 Å². The molecule has 0 aliphatic carbocycles. The van der Waals surface area contributed by atoms with Crippen molar-refractivity contribution in [1.29, 1.82) is 0 Å². The van der Waals surface area contributed by atoms with Gasteiger partial charge in [0.25, 0.3) is 0 Å². The second kappa shape index (κ2) is 10.3. The fourth-order valence-electron chi connectivity index (χ4n) is 4.47. The Hall–Kier alpha value is -3.18. The molecule has 4 aromatic carbocycles. The summed E-state index contributed by atoms with van der Waals surface area (Å²) in [6.45, 7) is -0.103. The highest BCUT2D eigenvalue weighted by molar-refractivity contribution is 7.90. The van der Waals surface area contributed by atoms with Crippen LogP contribution in [0.4, 0.5) is 11.4 Å². The normalized spacial score (nSPS) is 12.4. The summed E-state index contributed by atoms with van der Waals surface area (Å²) < 4.78 is 57.1. The van der Waals surface area contributed by atoms with E-state index in [0.717, 1.165) is 22.1 Å². The molecular formula is C27H32N4O4S2. The molecule has 0 spiro atoms. The molecule has 0 saturated carbocycles. The molecule has 0 radical (unpaired) electrons. The van der Waals surface area contributed by atoms with Crippen molar-refractivity contribution in [1.82, 2.24) is 9.03 Å². The first-order valence-electron chi connectivity index (χ1n) is 11.8. The lowest BCUT2D eigenvalue weighted by Crippen LogP contribution is -2.36. The number of fused-ring (bicyclic) bond motifs is 2. The summed E-state index contributed by atoms with van der Waals surface area (Å²) in [5.41, 5.74) is 1.82. The minimum absolute atomic E-state index is 0.0287. The molecule has 0 aliphatic rings. The van der Waals surface area contributed by atoms with Crippen molar-refractivity contribution in [2.75, 3.05) is 58.1 Å². The van der Waals surface area contributed by atoms with E-state index in [-0.39, 0.29) is 22.9 Å². The van der Waals surface area contributed by atoms with Crippen molar-refractivity contribution >= 4 is 53.0 Å². The number of nitrogens with zero attached hydrogens (tertiary/aromatic N) is 3. The van der Waals surface area contributed by atoms with Crippen molar-refractivity contribution in [3.63, 3.8) is 0 Å². The molecule has 196 valence electrons. The third kappa shape index (κ3) is 5.15. The second-order valence-electron chi connectivity index (χ2n) is 9.27. The van der Waals surface area contributed by atoms with E-state index in [1.165, 1.54) is 11.4 Å². The first-order valence-corrected chi connectivity index (χ1v) is 14.7. The molecular weight excluding hydrogens is 508 g/mol. The van der Waals surface area contributed by atoms with E-state index in [9.17, 15) is 16.8 Å². The van der Waals surface area contributed by atoms with E-state index in [0.29, 0.717) is 10.8 Å². The summed E-state index contributed by atoms with van der Waals surface area (Å²) in [7, 11) is 1.34. The van der Waals surface area contributed by atoms with E-state index < -0.39 is 20.0 Å². The molecule has 0 fully saturated rings. The van der Waals surface area contributed by atoms with E-state index >= 15 is 0 Å². The van der Waals surface area contributed by atoms with Crippen LogP contribution in [0.5, 0.6) is 0 Å². The monoisotopic (exact) mass is 540 g/mol. The van der Waals surface area contributed by atoms with Gasteiger partial charge in [-0.1, -0.05) is 48.5 Å². The van der Waals surface area contributed by atoms with Gasteiger partial charge in [0, 0.05) is 81.2 Å². The van der Waals surface area contributed by atoms with Gasteiger partial charge in [-0.05, 0) is 24.3 Å². The van der Waals surface area contributed by atoms with Gasteiger partial charge in [-0.2, -0.15) is 4.31 Å². The molecule has 0 heterocycles. The first-order chi connectivity index (χ1) is 17.4. The van der Waals surface area contributed by atoms with Gasteiger partial charge in [0.15, 0.2) is 0 Å². The van der Waals surface area contributed by atoms with Crippen molar-refractivity contribution in [3.8, 4) is 0 Å². The van der Waals surface area contributed by atoms with Crippen molar-refractivity contribution < 1.29 is 16.8 Å². The first kappa shape index (κ1) is 26.9. The summed E-state index contributed by atoms with van der Waals surface area (Å²) in [6, 6.07) is 21.4. The van der Waals surface area contributed by atoms with Crippen LogP contribution in [0, 0.1) is 0 Å². The maximum absolute atomic E-state index is 13.5. The van der Waals surface area contributed by atoms with Crippen LogP contribution < -0.4 is 14.5 Å². The zero-order chi connectivity index (χ0) is 27.0. The Morgan fingerprint density at radius 1 is 0.595 bits per heavy atom. The Morgan fingerprint density at radius 3 is 1.54 bits per heavy atom. The Morgan fingerprint density at radius 2 is 1.03 bits per heavy atom. The summed E-state index contributed by atoms with van der Waals surface area (Å²) >= 11 is 0. The summed E-state index contributed by atoms with van der Waals surface area (Å²) in [4.78, 5) is 4.21. The largest absolute Gasteiger partial charge is 0.377 e. The molecule has 0 atom stereocenters. The second-order valence-corrected chi connectivity index (χ2v) is 13.0. The zero-order valence-electron chi connectivity index (χ0n) is 21.6. The van der Waals surface area contributed by atoms with Crippen LogP contribution in [0.2, 0.25) is 0 Å². The third-order valence-electron chi connectivity index (χ3n) is 6.38. The fraction of sp³-hybridized carbons (Fsp3) is 0.259. The summed E-state index contributed by atoms with van der Waals surface area (Å²) in [6.07, 6.45) is 0. The standard InChI is InChI=1S/C27H32N4O4S2/c1-29(2)24-14-6-12-22-20(24)10-8-16-26(22)36(32,33)28-18-19-31(5)37(34,35)27-17-9-11-21-23(27)13-7-15-25(21)30(3)4/h6-17,28H,18-19H2,1-5H3. The van der Waals surface area contributed by atoms with Gasteiger partial charge < -0.3 is 9.80 Å². The van der Waals surface area contributed by atoms with Gasteiger partial charge in [-0.25, -0.2) is 21.6 Å². The molecule has 1 N–H and O–H groups in total. The third-order valence-corrected chi connectivity index (χ3v) is 9.81. The molecule has 8 nitrogen and oxygen atoms in total. The van der Waals surface area contributed by atoms with Gasteiger partial charge >= 0.3 is 0 Å². The van der Waals surface area contributed by atoms with Crippen molar-refractivity contribution in [3.05, 3.63) is 72.8 Å². The van der Waals surface area contributed by atoms with Crippen LogP contribution in [0.3, 0.4) is 0 Å². The van der Waals surface area contributed by atoms with Crippen molar-refractivity contribution in [2.24, 2.45) is 0 Å². The van der Waals surface area contributed by atoms with Crippen LogP contribution in [-0.2, 0) is 20.0 Å². The van der Waals surface area contributed by atoms with E-state index in [1.807, 2.05) is 74.4 Å². The van der Waals surface area contributed by atoms with Crippen LogP contribution in [0.1, 0.15) is 0 Å². The quantitative estimate of drug-likeness (QED) is 0.348. The average molecular weight is 541 g/mol. The molecule has 0 saturated heterocycles. The van der Waals surface area contributed by atoms with Gasteiger partial charge in [-0.15, -0.1) is 0 Å². The Labute approximate surface area is 219 Å². The SMILES string of the molecule is CN(C)c1cccc2c(S(=O)(=O)NCCN(C)S(=O)(=O)c3cccc4c(N(C)C)cccc34)cccc12. The molecule has 0 amide bonds. The molecule has 0 unspecified atom stereocenters. The summed E-state index contributed by atoms with van der Waals surface area (Å²) in [5.74, 6) is 0. The highest BCUT2D eigenvalue weighted by Gasteiger charge is 2.25. The average Bonchev–Trinajstić information content (AvgIpc) is 2.86. The number of sulfonamides is 2. The molecule has 4 aromatic rings. The smallest absolute Gasteiger partial charge is 0.243 e. The highest BCUT2D eigenvalue weighted by Crippen LogP contribution is 2.32. The minimum atomic E-state index is -3.88. The fourth-order valence-corrected chi connectivity index (χ4v) is 7.09. The molecule has 0 aromatic heterocycles. The number of likely N-dealkylation sites (N-methyl/N-ethyl adjacent to an activating group) is 1. The topological polar surface area (TPSA) is 90.0 Å².